The molecule has 11 heavy (non-hydrogen) atoms. The van der Waals surface area contributed by atoms with Crippen molar-refractivity contribution in [3.63, 3.8) is 0 Å². The SMILES string of the molecule is Cn1c(=O)ncc2n[nH]nc21. The lowest BCUT2D eigenvalue weighted by Crippen LogP contribution is -2.19. The summed E-state index contributed by atoms with van der Waals surface area (Å²) < 4.78 is 1.33. The van der Waals surface area contributed by atoms with Gasteiger partial charge in [0.25, 0.3) is 0 Å². The lowest BCUT2D eigenvalue weighted by molar-refractivity contribution is 0.832. The van der Waals surface area contributed by atoms with Gasteiger partial charge in [0.05, 0.1) is 6.20 Å². The first-order chi connectivity index (χ1) is 5.29. The van der Waals surface area contributed by atoms with Gasteiger partial charge in [-0.3, -0.25) is 4.57 Å². The van der Waals surface area contributed by atoms with Crippen LogP contribution in [0.4, 0.5) is 0 Å². The van der Waals surface area contributed by atoms with Crippen molar-refractivity contribution in [3.05, 3.63) is 16.7 Å². The van der Waals surface area contributed by atoms with E-state index in [-0.39, 0.29) is 5.69 Å². The number of hydrogen-bond acceptors (Lipinski definition) is 4. The van der Waals surface area contributed by atoms with Crippen LogP contribution < -0.4 is 5.69 Å². The van der Waals surface area contributed by atoms with E-state index in [9.17, 15) is 4.79 Å². The number of nitrogens with one attached hydrogen (secondary N) is 1. The Morgan fingerprint density at radius 2 is 2.36 bits per heavy atom. The Labute approximate surface area is 60.9 Å². The summed E-state index contributed by atoms with van der Waals surface area (Å²) in [4.78, 5) is 14.5. The monoisotopic (exact) mass is 151 g/mol. The highest BCUT2D eigenvalue weighted by Gasteiger charge is 2.01. The molecule has 56 valence electrons. The molecule has 0 aliphatic heterocycles. The van der Waals surface area contributed by atoms with E-state index < -0.39 is 0 Å². The molecule has 2 aromatic rings. The van der Waals surface area contributed by atoms with Gasteiger partial charge in [-0.05, 0) is 0 Å². The van der Waals surface area contributed by atoms with Crippen LogP contribution in [0, 0.1) is 0 Å². The fraction of sp³-hybridized carbons (Fsp3) is 0.200. The largest absolute Gasteiger partial charge is 0.349 e. The standard InChI is InChI=1S/C5H5N5O/c1-10-4-3(7-9-8-4)2-6-5(10)11/h2H,1H3,(H,7,8,9). The van der Waals surface area contributed by atoms with Gasteiger partial charge in [-0.1, -0.05) is 0 Å². The maximum absolute atomic E-state index is 10.9. The van der Waals surface area contributed by atoms with Crippen molar-refractivity contribution in [2.75, 3.05) is 0 Å². The van der Waals surface area contributed by atoms with Gasteiger partial charge >= 0.3 is 5.69 Å². The van der Waals surface area contributed by atoms with Crippen LogP contribution in [0.1, 0.15) is 0 Å². The highest BCUT2D eigenvalue weighted by atomic mass is 16.1. The number of fused-ring (bicyclic) bond motifs is 1. The van der Waals surface area contributed by atoms with Crippen LogP contribution in [0.15, 0.2) is 11.0 Å². The third kappa shape index (κ3) is 0.721. The second-order valence-electron chi connectivity index (χ2n) is 2.13. The van der Waals surface area contributed by atoms with E-state index >= 15 is 0 Å². The fourth-order valence-electron chi connectivity index (χ4n) is 0.860. The second kappa shape index (κ2) is 1.88. The highest BCUT2D eigenvalue weighted by molar-refractivity contribution is 5.67. The molecule has 2 rings (SSSR count). The lowest BCUT2D eigenvalue weighted by atomic mass is 10.5. The molecule has 0 atom stereocenters. The summed E-state index contributed by atoms with van der Waals surface area (Å²) in [7, 11) is 1.60. The van der Waals surface area contributed by atoms with Crippen LogP contribution in [-0.2, 0) is 7.05 Å². The van der Waals surface area contributed by atoms with E-state index in [1.165, 1.54) is 10.8 Å². The molecule has 0 aliphatic rings. The van der Waals surface area contributed by atoms with Crippen molar-refractivity contribution < 1.29 is 0 Å². The van der Waals surface area contributed by atoms with E-state index in [4.69, 9.17) is 0 Å². The smallest absolute Gasteiger partial charge is 0.276 e. The molecule has 6 heteroatoms. The summed E-state index contributed by atoms with van der Waals surface area (Å²) in [5.41, 5.74) is 0.781. The van der Waals surface area contributed by atoms with Gasteiger partial charge in [0, 0.05) is 7.05 Å². The predicted molar refractivity (Wildman–Crippen MR) is 36.9 cm³/mol. The molecule has 2 aromatic heterocycles. The van der Waals surface area contributed by atoms with E-state index in [1.807, 2.05) is 0 Å². The second-order valence-corrected chi connectivity index (χ2v) is 2.13. The summed E-state index contributed by atoms with van der Waals surface area (Å²) in [6.45, 7) is 0. The van der Waals surface area contributed by atoms with Gasteiger partial charge in [0.1, 0.15) is 5.52 Å². The Kier molecular flexibility index (Phi) is 1.03. The Bertz CT molecular complexity index is 441. The predicted octanol–water partition coefficient (Wildman–Crippen LogP) is -0.948. The minimum Gasteiger partial charge on any atom is -0.276 e. The van der Waals surface area contributed by atoms with E-state index in [0.29, 0.717) is 11.2 Å². The molecule has 0 spiro atoms. The van der Waals surface area contributed by atoms with Crippen LogP contribution in [0.3, 0.4) is 0 Å². The van der Waals surface area contributed by atoms with Gasteiger partial charge in [-0.15, -0.1) is 5.10 Å². The molecular weight excluding hydrogens is 146 g/mol. The number of rotatable bonds is 0. The summed E-state index contributed by atoms with van der Waals surface area (Å²) in [6, 6.07) is 0. The van der Waals surface area contributed by atoms with Crippen LogP contribution in [-0.4, -0.2) is 25.0 Å². The molecule has 0 bridgehead atoms. The van der Waals surface area contributed by atoms with Gasteiger partial charge in [0.2, 0.25) is 0 Å². The maximum Gasteiger partial charge on any atom is 0.349 e. The first-order valence-corrected chi connectivity index (χ1v) is 3.01. The van der Waals surface area contributed by atoms with Gasteiger partial charge in [-0.2, -0.15) is 15.3 Å². The summed E-state index contributed by atoms with van der Waals surface area (Å²) >= 11 is 0. The molecule has 0 saturated heterocycles. The summed E-state index contributed by atoms with van der Waals surface area (Å²) in [6.07, 6.45) is 1.39. The topological polar surface area (TPSA) is 76.5 Å². The van der Waals surface area contributed by atoms with Crippen molar-refractivity contribution in [2.24, 2.45) is 7.05 Å². The van der Waals surface area contributed by atoms with Crippen molar-refractivity contribution in [2.45, 2.75) is 0 Å². The molecule has 0 aliphatic carbocycles. The number of aryl methyl sites for hydroxylation is 1. The zero-order chi connectivity index (χ0) is 7.84. The molecule has 1 N–H and O–H groups in total. The molecule has 0 saturated carbocycles. The number of aromatic nitrogens is 5. The molecule has 0 radical (unpaired) electrons. The van der Waals surface area contributed by atoms with E-state index in [2.05, 4.69) is 20.4 Å². The molecule has 0 aromatic carbocycles. The minimum atomic E-state index is -0.327. The minimum absolute atomic E-state index is 0.327. The Hall–Kier alpha value is -1.72. The Morgan fingerprint density at radius 3 is 3.18 bits per heavy atom. The van der Waals surface area contributed by atoms with Crippen molar-refractivity contribution in [1.29, 1.82) is 0 Å². The molecular formula is C5H5N5O. The summed E-state index contributed by atoms with van der Waals surface area (Å²) in [5, 5.41) is 9.93. The van der Waals surface area contributed by atoms with E-state index in [1.54, 1.807) is 7.05 Å². The number of aromatic amines is 1. The molecule has 2 heterocycles. The first kappa shape index (κ1) is 6.02. The zero-order valence-electron chi connectivity index (χ0n) is 5.77. The molecule has 0 fully saturated rings. The average molecular weight is 151 g/mol. The molecule has 0 unspecified atom stereocenters. The number of nitrogens with zero attached hydrogens (tertiary/aromatic N) is 4. The van der Waals surface area contributed by atoms with Crippen molar-refractivity contribution in [1.82, 2.24) is 25.0 Å². The van der Waals surface area contributed by atoms with Gasteiger partial charge in [0.15, 0.2) is 5.65 Å². The van der Waals surface area contributed by atoms with Gasteiger partial charge in [-0.25, -0.2) is 4.79 Å². The molecule has 0 amide bonds. The number of hydrogen-bond donors (Lipinski definition) is 1. The Morgan fingerprint density at radius 1 is 1.55 bits per heavy atom. The third-order valence-corrected chi connectivity index (χ3v) is 1.46. The quantitative estimate of drug-likeness (QED) is 0.526. The Balaban J connectivity index is 3.04. The first-order valence-electron chi connectivity index (χ1n) is 3.01. The highest BCUT2D eigenvalue weighted by Crippen LogP contribution is 1.98. The fourth-order valence-corrected chi connectivity index (χ4v) is 0.860. The van der Waals surface area contributed by atoms with Crippen LogP contribution in [0.2, 0.25) is 0 Å². The van der Waals surface area contributed by atoms with Crippen LogP contribution >= 0.6 is 0 Å². The van der Waals surface area contributed by atoms with E-state index in [0.717, 1.165) is 0 Å². The molecule has 6 nitrogen and oxygen atoms in total. The number of H-pyrrole nitrogens is 1. The van der Waals surface area contributed by atoms with Crippen molar-refractivity contribution in [3.8, 4) is 0 Å². The van der Waals surface area contributed by atoms with Crippen LogP contribution in [0.5, 0.6) is 0 Å². The average Bonchev–Trinajstić information content (AvgIpc) is 2.45. The maximum atomic E-state index is 10.9. The normalized spacial score (nSPS) is 10.6. The van der Waals surface area contributed by atoms with Crippen LogP contribution in [0.25, 0.3) is 11.2 Å². The van der Waals surface area contributed by atoms with Crippen molar-refractivity contribution >= 4 is 11.2 Å². The lowest BCUT2D eigenvalue weighted by Gasteiger charge is -1.92. The van der Waals surface area contributed by atoms with Gasteiger partial charge < -0.3 is 0 Å². The zero-order valence-corrected chi connectivity index (χ0v) is 5.77. The summed E-state index contributed by atoms with van der Waals surface area (Å²) in [5.74, 6) is 0. The third-order valence-electron chi connectivity index (χ3n) is 1.46.